The van der Waals surface area contributed by atoms with Crippen molar-refractivity contribution in [3.8, 4) is 22.3 Å². The Kier molecular flexibility index (Phi) is 4.45. The van der Waals surface area contributed by atoms with E-state index in [1.54, 1.807) is 6.07 Å². The van der Waals surface area contributed by atoms with Crippen LogP contribution in [-0.2, 0) is 0 Å². The molecule has 0 aliphatic heterocycles. The van der Waals surface area contributed by atoms with Crippen molar-refractivity contribution >= 4 is 43.9 Å². The topological polar surface area (TPSA) is 0 Å². The van der Waals surface area contributed by atoms with Crippen LogP contribution in [0, 0.1) is 5.82 Å². The highest BCUT2D eigenvalue weighted by Gasteiger charge is 2.18. The third-order valence-electron chi connectivity index (χ3n) is 6.20. The summed E-state index contributed by atoms with van der Waals surface area (Å²) in [5, 5.41) is 7.15. The van der Waals surface area contributed by atoms with Gasteiger partial charge in [0, 0.05) is 0 Å². The van der Waals surface area contributed by atoms with Gasteiger partial charge in [-0.15, -0.1) is 0 Å². The zero-order chi connectivity index (χ0) is 21.7. The van der Waals surface area contributed by atoms with E-state index in [2.05, 4.69) is 91.0 Å². The standard InChI is InChI=1S/C30H18ClF/c31-27-18-20(16-17-28(27)32)29-23-11-3-5-13-25(23)30(26-14-6-4-12-24(26)29)22-15-7-9-19-8-1-2-10-21(19)22/h1-18H. The minimum atomic E-state index is -0.406. The van der Waals surface area contributed by atoms with Crippen molar-refractivity contribution in [3.05, 3.63) is 120 Å². The van der Waals surface area contributed by atoms with Crippen molar-refractivity contribution in [2.24, 2.45) is 0 Å². The largest absolute Gasteiger partial charge is 0.205 e. The number of halogens is 2. The van der Waals surface area contributed by atoms with Gasteiger partial charge in [0.15, 0.2) is 0 Å². The highest BCUT2D eigenvalue weighted by Crippen LogP contribution is 2.45. The Morgan fingerprint density at radius 1 is 0.500 bits per heavy atom. The summed E-state index contributed by atoms with van der Waals surface area (Å²) in [5.41, 5.74) is 4.40. The Balaban J connectivity index is 1.82. The van der Waals surface area contributed by atoms with Gasteiger partial charge >= 0.3 is 0 Å². The maximum Gasteiger partial charge on any atom is 0.141 e. The fourth-order valence-corrected chi connectivity index (χ4v) is 5.01. The van der Waals surface area contributed by atoms with Gasteiger partial charge in [0.2, 0.25) is 0 Å². The first kappa shape index (κ1) is 19.0. The lowest BCUT2D eigenvalue weighted by atomic mass is 9.85. The van der Waals surface area contributed by atoms with Crippen molar-refractivity contribution in [2.75, 3.05) is 0 Å². The molecular weight excluding hydrogens is 415 g/mol. The van der Waals surface area contributed by atoms with Gasteiger partial charge in [-0.1, -0.05) is 109 Å². The van der Waals surface area contributed by atoms with Crippen molar-refractivity contribution in [1.29, 1.82) is 0 Å². The highest BCUT2D eigenvalue weighted by atomic mass is 35.5. The molecule has 32 heavy (non-hydrogen) atoms. The summed E-state index contributed by atoms with van der Waals surface area (Å²) >= 11 is 6.18. The fraction of sp³-hybridized carbons (Fsp3) is 0. The van der Waals surface area contributed by atoms with Crippen molar-refractivity contribution in [1.82, 2.24) is 0 Å². The molecule has 0 saturated carbocycles. The summed E-state index contributed by atoms with van der Waals surface area (Å²) < 4.78 is 13.9. The van der Waals surface area contributed by atoms with E-state index in [1.165, 1.54) is 28.0 Å². The van der Waals surface area contributed by atoms with Gasteiger partial charge in [-0.25, -0.2) is 4.39 Å². The summed E-state index contributed by atoms with van der Waals surface area (Å²) in [4.78, 5) is 0. The third kappa shape index (κ3) is 2.90. The number of hydrogen-bond donors (Lipinski definition) is 0. The first-order chi connectivity index (χ1) is 15.7. The van der Waals surface area contributed by atoms with Crippen LogP contribution in [0.15, 0.2) is 109 Å². The lowest BCUT2D eigenvalue weighted by Gasteiger charge is -2.19. The molecule has 0 aromatic heterocycles. The van der Waals surface area contributed by atoms with E-state index in [0.717, 1.165) is 32.7 Å². The van der Waals surface area contributed by atoms with E-state index >= 15 is 0 Å². The predicted molar refractivity (Wildman–Crippen MR) is 135 cm³/mol. The molecule has 0 aliphatic carbocycles. The molecule has 0 atom stereocenters. The maximum absolute atomic E-state index is 13.9. The molecule has 0 bridgehead atoms. The van der Waals surface area contributed by atoms with E-state index in [-0.39, 0.29) is 5.02 Å². The second-order valence-corrected chi connectivity index (χ2v) is 8.40. The molecule has 6 aromatic carbocycles. The highest BCUT2D eigenvalue weighted by molar-refractivity contribution is 6.31. The van der Waals surface area contributed by atoms with Gasteiger partial charge in [-0.2, -0.15) is 0 Å². The van der Waals surface area contributed by atoms with Gasteiger partial charge in [0.1, 0.15) is 5.82 Å². The monoisotopic (exact) mass is 432 g/mol. The Morgan fingerprint density at radius 2 is 1.03 bits per heavy atom. The van der Waals surface area contributed by atoms with Crippen LogP contribution in [0.4, 0.5) is 4.39 Å². The van der Waals surface area contributed by atoms with Gasteiger partial charge in [0.05, 0.1) is 5.02 Å². The second-order valence-electron chi connectivity index (χ2n) is 8.00. The zero-order valence-corrected chi connectivity index (χ0v) is 17.9. The van der Waals surface area contributed by atoms with Crippen LogP contribution >= 0.6 is 11.6 Å². The Morgan fingerprint density at radius 3 is 1.66 bits per heavy atom. The fourth-order valence-electron chi connectivity index (χ4n) is 4.82. The molecule has 0 saturated heterocycles. The molecule has 152 valence electrons. The molecule has 0 amide bonds. The molecule has 6 rings (SSSR count). The van der Waals surface area contributed by atoms with Gasteiger partial charge in [0.25, 0.3) is 0 Å². The van der Waals surface area contributed by atoms with Crippen molar-refractivity contribution in [2.45, 2.75) is 0 Å². The van der Waals surface area contributed by atoms with E-state index in [4.69, 9.17) is 11.6 Å². The molecule has 0 aliphatic rings. The van der Waals surface area contributed by atoms with Gasteiger partial charge < -0.3 is 0 Å². The van der Waals surface area contributed by atoms with Crippen LogP contribution in [0.25, 0.3) is 54.6 Å². The third-order valence-corrected chi connectivity index (χ3v) is 6.49. The van der Waals surface area contributed by atoms with E-state index in [1.807, 2.05) is 6.07 Å². The minimum absolute atomic E-state index is 0.133. The molecular formula is C30H18ClF. The molecule has 0 fully saturated rings. The average Bonchev–Trinajstić information content (AvgIpc) is 2.84. The number of fused-ring (bicyclic) bond motifs is 3. The van der Waals surface area contributed by atoms with Crippen LogP contribution < -0.4 is 0 Å². The summed E-state index contributed by atoms with van der Waals surface area (Å²) in [5.74, 6) is -0.406. The molecule has 6 aromatic rings. The Labute approximate surface area is 190 Å². The molecule has 0 heterocycles. The molecule has 0 unspecified atom stereocenters. The van der Waals surface area contributed by atoms with Crippen molar-refractivity contribution in [3.63, 3.8) is 0 Å². The zero-order valence-electron chi connectivity index (χ0n) is 17.1. The summed E-state index contributed by atoms with van der Waals surface area (Å²) in [6, 6.07) is 36.8. The van der Waals surface area contributed by atoms with E-state index < -0.39 is 5.82 Å². The number of benzene rings is 6. The summed E-state index contributed by atoms with van der Waals surface area (Å²) in [7, 11) is 0. The lowest BCUT2D eigenvalue weighted by Crippen LogP contribution is -1.92. The first-order valence-electron chi connectivity index (χ1n) is 10.6. The molecule has 0 nitrogen and oxygen atoms in total. The van der Waals surface area contributed by atoms with Crippen LogP contribution in [-0.4, -0.2) is 0 Å². The minimum Gasteiger partial charge on any atom is -0.205 e. The smallest absolute Gasteiger partial charge is 0.141 e. The second kappa shape index (κ2) is 7.47. The molecule has 0 radical (unpaired) electrons. The van der Waals surface area contributed by atoms with E-state index in [0.29, 0.717) is 0 Å². The van der Waals surface area contributed by atoms with E-state index in [9.17, 15) is 4.39 Å². The van der Waals surface area contributed by atoms with Crippen LogP contribution in [0.1, 0.15) is 0 Å². The SMILES string of the molecule is Fc1ccc(-c2c3ccccc3c(-c3cccc4ccccc34)c3ccccc23)cc1Cl. The summed E-state index contributed by atoms with van der Waals surface area (Å²) in [6.45, 7) is 0. The van der Waals surface area contributed by atoms with Gasteiger partial charge in [-0.05, 0) is 66.7 Å². The quantitative estimate of drug-likeness (QED) is 0.239. The van der Waals surface area contributed by atoms with Crippen LogP contribution in [0.2, 0.25) is 5.02 Å². The van der Waals surface area contributed by atoms with Crippen molar-refractivity contribution < 1.29 is 4.39 Å². The summed E-state index contributed by atoms with van der Waals surface area (Å²) in [6.07, 6.45) is 0. The maximum atomic E-state index is 13.9. The number of hydrogen-bond acceptors (Lipinski definition) is 0. The molecule has 0 spiro atoms. The Hall–Kier alpha value is -3.68. The Bertz CT molecular complexity index is 1590. The number of rotatable bonds is 2. The van der Waals surface area contributed by atoms with Gasteiger partial charge in [-0.3, -0.25) is 0 Å². The molecule has 2 heteroatoms. The molecule has 0 N–H and O–H groups in total. The van der Waals surface area contributed by atoms with Crippen LogP contribution in [0.5, 0.6) is 0 Å². The lowest BCUT2D eigenvalue weighted by molar-refractivity contribution is 0.628. The predicted octanol–water partition coefficient (Wildman–Crippen LogP) is 9.27. The first-order valence-corrected chi connectivity index (χ1v) is 11.0. The average molecular weight is 433 g/mol. The normalized spacial score (nSPS) is 11.4. The van der Waals surface area contributed by atoms with Crippen LogP contribution in [0.3, 0.4) is 0 Å².